The maximum atomic E-state index is 13.0. The Morgan fingerprint density at radius 1 is 1.17 bits per heavy atom. The minimum atomic E-state index is -0.198. The molecular formula is C22H27N3O4. The van der Waals surface area contributed by atoms with Crippen LogP contribution in [0, 0.1) is 0 Å². The summed E-state index contributed by atoms with van der Waals surface area (Å²) in [6.07, 6.45) is 6.41. The summed E-state index contributed by atoms with van der Waals surface area (Å²) in [7, 11) is 1.62. The fourth-order valence-corrected chi connectivity index (χ4v) is 3.83. The van der Waals surface area contributed by atoms with Crippen LogP contribution in [0.25, 0.3) is 0 Å². The molecule has 0 spiro atoms. The van der Waals surface area contributed by atoms with Gasteiger partial charge in [0.15, 0.2) is 11.5 Å². The molecule has 1 N–H and O–H groups in total. The molecule has 154 valence electrons. The topological polar surface area (TPSA) is 72.9 Å². The zero-order valence-electron chi connectivity index (χ0n) is 16.7. The van der Waals surface area contributed by atoms with Crippen LogP contribution in [0.4, 0.5) is 11.5 Å². The highest BCUT2D eigenvalue weighted by Crippen LogP contribution is 2.34. The van der Waals surface area contributed by atoms with Crippen molar-refractivity contribution in [3.63, 3.8) is 0 Å². The first-order chi connectivity index (χ1) is 14.2. The van der Waals surface area contributed by atoms with Crippen molar-refractivity contribution in [3.05, 3.63) is 42.1 Å². The lowest BCUT2D eigenvalue weighted by atomic mass is 10.2. The van der Waals surface area contributed by atoms with Crippen molar-refractivity contribution in [3.8, 4) is 11.5 Å². The van der Waals surface area contributed by atoms with E-state index in [0.29, 0.717) is 41.8 Å². The van der Waals surface area contributed by atoms with Gasteiger partial charge in [-0.15, -0.1) is 0 Å². The fraction of sp³-hybridized carbons (Fsp3) is 0.455. The first kappa shape index (κ1) is 19.5. The van der Waals surface area contributed by atoms with Gasteiger partial charge in [0.1, 0.15) is 5.82 Å². The summed E-state index contributed by atoms with van der Waals surface area (Å²) >= 11 is 0. The third-order valence-corrected chi connectivity index (χ3v) is 5.36. The summed E-state index contributed by atoms with van der Waals surface area (Å²) in [4.78, 5) is 19.5. The molecule has 2 aliphatic rings. The van der Waals surface area contributed by atoms with Crippen molar-refractivity contribution in [1.82, 2.24) is 4.98 Å². The zero-order chi connectivity index (χ0) is 20.1. The van der Waals surface area contributed by atoms with E-state index in [2.05, 4.69) is 15.2 Å². The summed E-state index contributed by atoms with van der Waals surface area (Å²) in [5, 5.41) is 2.98. The molecule has 1 aliphatic heterocycles. The molecule has 1 aliphatic carbocycles. The van der Waals surface area contributed by atoms with Crippen molar-refractivity contribution < 1.29 is 19.0 Å². The number of carbonyl (C=O) groups excluding carboxylic acids is 1. The molecule has 0 bridgehead atoms. The molecule has 1 aromatic carbocycles. The molecule has 1 saturated carbocycles. The van der Waals surface area contributed by atoms with E-state index < -0.39 is 0 Å². The van der Waals surface area contributed by atoms with E-state index in [-0.39, 0.29) is 12.0 Å². The number of aromatic nitrogens is 1. The predicted molar refractivity (Wildman–Crippen MR) is 111 cm³/mol. The number of pyridine rings is 1. The molecule has 2 heterocycles. The van der Waals surface area contributed by atoms with E-state index in [4.69, 9.17) is 14.2 Å². The van der Waals surface area contributed by atoms with Crippen LogP contribution in [0.2, 0.25) is 0 Å². The number of hydrogen-bond donors (Lipinski definition) is 1. The quantitative estimate of drug-likeness (QED) is 0.804. The van der Waals surface area contributed by atoms with Crippen molar-refractivity contribution >= 4 is 17.4 Å². The van der Waals surface area contributed by atoms with Crippen LogP contribution >= 0.6 is 0 Å². The van der Waals surface area contributed by atoms with Crippen LogP contribution in [0.5, 0.6) is 11.5 Å². The number of benzene rings is 1. The average Bonchev–Trinajstić information content (AvgIpc) is 3.28. The number of ether oxygens (including phenoxy) is 3. The van der Waals surface area contributed by atoms with Crippen LogP contribution in [0.15, 0.2) is 36.5 Å². The highest BCUT2D eigenvalue weighted by atomic mass is 16.5. The van der Waals surface area contributed by atoms with Crippen LogP contribution in [-0.4, -0.2) is 50.4 Å². The van der Waals surface area contributed by atoms with Gasteiger partial charge in [0, 0.05) is 31.0 Å². The average molecular weight is 397 g/mol. The minimum absolute atomic E-state index is 0.198. The third-order valence-electron chi connectivity index (χ3n) is 5.36. The molecule has 4 rings (SSSR count). The van der Waals surface area contributed by atoms with Crippen molar-refractivity contribution in [1.29, 1.82) is 0 Å². The Morgan fingerprint density at radius 3 is 2.72 bits per heavy atom. The second-order valence-electron chi connectivity index (χ2n) is 7.32. The van der Waals surface area contributed by atoms with Gasteiger partial charge in [-0.2, -0.15) is 0 Å². The first-order valence-corrected chi connectivity index (χ1v) is 10.2. The Kier molecular flexibility index (Phi) is 6.14. The molecule has 0 unspecified atom stereocenters. The number of methoxy groups -OCH3 is 1. The Balaban J connectivity index is 1.52. The second-order valence-corrected chi connectivity index (χ2v) is 7.32. The molecule has 7 nitrogen and oxygen atoms in total. The lowest BCUT2D eigenvalue weighted by Gasteiger charge is -2.29. The van der Waals surface area contributed by atoms with Gasteiger partial charge in [-0.05, 0) is 49.9 Å². The van der Waals surface area contributed by atoms with E-state index in [9.17, 15) is 4.79 Å². The monoisotopic (exact) mass is 397 g/mol. The summed E-state index contributed by atoms with van der Waals surface area (Å²) in [5.74, 6) is 1.82. The van der Waals surface area contributed by atoms with Crippen molar-refractivity contribution in [2.45, 2.75) is 31.8 Å². The van der Waals surface area contributed by atoms with E-state index in [1.165, 1.54) is 12.8 Å². The van der Waals surface area contributed by atoms with Gasteiger partial charge >= 0.3 is 0 Å². The van der Waals surface area contributed by atoms with Crippen molar-refractivity contribution in [2.24, 2.45) is 0 Å². The van der Waals surface area contributed by atoms with Crippen LogP contribution in [0.3, 0.4) is 0 Å². The minimum Gasteiger partial charge on any atom is -0.493 e. The molecule has 2 fully saturated rings. The Hall–Kier alpha value is -2.80. The van der Waals surface area contributed by atoms with E-state index in [0.717, 1.165) is 25.9 Å². The van der Waals surface area contributed by atoms with Crippen LogP contribution in [-0.2, 0) is 4.74 Å². The summed E-state index contributed by atoms with van der Waals surface area (Å²) in [6.45, 7) is 2.72. The standard InChI is InChI=1S/C22H27N3O4/c1-27-19-9-8-16(15-20(19)29-17-5-2-3-6-17)24-22(26)18-7-4-10-23-21(18)25-11-13-28-14-12-25/h4,7-10,15,17H,2-3,5-6,11-14H2,1H3,(H,24,26). The molecule has 1 amide bonds. The predicted octanol–water partition coefficient (Wildman–Crippen LogP) is 3.50. The maximum Gasteiger partial charge on any atom is 0.259 e. The normalized spacial score (nSPS) is 17.2. The lowest BCUT2D eigenvalue weighted by molar-refractivity contribution is 0.102. The molecule has 7 heteroatoms. The largest absolute Gasteiger partial charge is 0.493 e. The molecule has 1 aromatic heterocycles. The van der Waals surface area contributed by atoms with Crippen molar-refractivity contribution in [2.75, 3.05) is 43.6 Å². The van der Waals surface area contributed by atoms with Gasteiger partial charge in [0.25, 0.3) is 5.91 Å². The van der Waals surface area contributed by atoms with Gasteiger partial charge in [-0.25, -0.2) is 4.98 Å². The fourth-order valence-electron chi connectivity index (χ4n) is 3.83. The first-order valence-electron chi connectivity index (χ1n) is 10.2. The summed E-state index contributed by atoms with van der Waals surface area (Å²) < 4.78 is 17.0. The maximum absolute atomic E-state index is 13.0. The zero-order valence-corrected chi connectivity index (χ0v) is 16.7. The molecular weight excluding hydrogens is 370 g/mol. The number of morpholine rings is 1. The van der Waals surface area contributed by atoms with Gasteiger partial charge in [0.2, 0.25) is 0 Å². The lowest BCUT2D eigenvalue weighted by Crippen LogP contribution is -2.38. The van der Waals surface area contributed by atoms with Gasteiger partial charge in [-0.3, -0.25) is 4.79 Å². The number of hydrogen-bond acceptors (Lipinski definition) is 6. The van der Waals surface area contributed by atoms with Gasteiger partial charge in [0.05, 0.1) is 32.0 Å². The molecule has 29 heavy (non-hydrogen) atoms. The SMILES string of the molecule is COc1ccc(NC(=O)c2cccnc2N2CCOCC2)cc1OC1CCCC1. The Bertz CT molecular complexity index is 846. The molecule has 0 atom stereocenters. The highest BCUT2D eigenvalue weighted by Gasteiger charge is 2.21. The summed E-state index contributed by atoms with van der Waals surface area (Å²) in [6, 6.07) is 9.06. The number of amides is 1. The van der Waals surface area contributed by atoms with E-state index >= 15 is 0 Å². The number of nitrogens with zero attached hydrogens (tertiary/aromatic N) is 2. The molecule has 2 aromatic rings. The highest BCUT2D eigenvalue weighted by molar-refractivity contribution is 6.07. The molecule has 1 saturated heterocycles. The number of anilines is 2. The second kappa shape index (κ2) is 9.13. The number of carbonyl (C=O) groups is 1. The number of nitrogens with one attached hydrogen (secondary N) is 1. The molecule has 0 radical (unpaired) electrons. The smallest absolute Gasteiger partial charge is 0.259 e. The van der Waals surface area contributed by atoms with E-state index in [1.807, 2.05) is 18.2 Å². The van der Waals surface area contributed by atoms with Gasteiger partial charge in [-0.1, -0.05) is 0 Å². The number of rotatable bonds is 6. The summed E-state index contributed by atoms with van der Waals surface area (Å²) in [5.41, 5.74) is 1.21. The van der Waals surface area contributed by atoms with Gasteiger partial charge < -0.3 is 24.4 Å². The van der Waals surface area contributed by atoms with E-state index in [1.54, 1.807) is 25.4 Å². The Morgan fingerprint density at radius 2 is 1.97 bits per heavy atom. The third kappa shape index (κ3) is 4.62. The van der Waals surface area contributed by atoms with Crippen LogP contribution < -0.4 is 19.7 Å². The Labute approximate surface area is 171 Å². The van der Waals surface area contributed by atoms with Crippen LogP contribution in [0.1, 0.15) is 36.0 Å².